The highest BCUT2D eigenvalue weighted by Crippen LogP contribution is 2.28. The molecule has 3 heterocycles. The van der Waals surface area contributed by atoms with Crippen LogP contribution >= 0.6 is 0 Å². The highest BCUT2D eigenvalue weighted by Gasteiger charge is 2.33. The van der Waals surface area contributed by atoms with Gasteiger partial charge in [0.25, 0.3) is 0 Å². The molecule has 2 aliphatic rings. The lowest BCUT2D eigenvalue weighted by Gasteiger charge is -2.35. The molecule has 2 aliphatic heterocycles. The van der Waals surface area contributed by atoms with Crippen LogP contribution in [0.4, 0.5) is 5.82 Å². The first kappa shape index (κ1) is 24.0. The SMILES string of the molecule is COc1ccc(C(C(=O)O)N2CCC(C(=O)NCCCc3ccc4c(n3)NCCC4)CC2)cc1. The number of aromatic nitrogens is 1. The summed E-state index contributed by atoms with van der Waals surface area (Å²) < 4.78 is 5.17. The molecule has 34 heavy (non-hydrogen) atoms. The fourth-order valence-corrected chi connectivity index (χ4v) is 4.85. The Hall–Kier alpha value is -3.13. The number of piperidine rings is 1. The van der Waals surface area contributed by atoms with Gasteiger partial charge < -0.3 is 20.5 Å². The summed E-state index contributed by atoms with van der Waals surface area (Å²) in [5.74, 6) is 0.818. The molecule has 1 aromatic carbocycles. The third-order valence-corrected chi connectivity index (χ3v) is 6.79. The van der Waals surface area contributed by atoms with Gasteiger partial charge in [-0.3, -0.25) is 14.5 Å². The van der Waals surface area contributed by atoms with Gasteiger partial charge in [-0.15, -0.1) is 0 Å². The minimum Gasteiger partial charge on any atom is -0.497 e. The van der Waals surface area contributed by atoms with Gasteiger partial charge in [-0.05, 0) is 67.9 Å². The zero-order valence-electron chi connectivity index (χ0n) is 19.8. The van der Waals surface area contributed by atoms with E-state index in [1.165, 1.54) is 5.56 Å². The average molecular weight is 467 g/mol. The number of methoxy groups -OCH3 is 1. The number of carbonyl (C=O) groups excluding carboxylic acids is 1. The second-order valence-corrected chi connectivity index (χ2v) is 9.06. The van der Waals surface area contributed by atoms with Crippen molar-refractivity contribution in [3.63, 3.8) is 0 Å². The zero-order chi connectivity index (χ0) is 23.9. The Balaban J connectivity index is 1.21. The molecule has 0 bridgehead atoms. The van der Waals surface area contributed by atoms with Gasteiger partial charge in [0.05, 0.1) is 7.11 Å². The van der Waals surface area contributed by atoms with E-state index in [0.29, 0.717) is 38.2 Å². The number of aryl methyl sites for hydroxylation is 2. The number of carbonyl (C=O) groups is 2. The number of nitrogens with zero attached hydrogens (tertiary/aromatic N) is 2. The maximum Gasteiger partial charge on any atom is 0.325 e. The largest absolute Gasteiger partial charge is 0.497 e. The number of aliphatic carboxylic acids is 1. The first-order valence-electron chi connectivity index (χ1n) is 12.2. The number of hydrogen-bond donors (Lipinski definition) is 3. The summed E-state index contributed by atoms with van der Waals surface area (Å²) in [6.07, 6.45) is 5.22. The predicted octanol–water partition coefficient (Wildman–Crippen LogP) is 3.04. The Labute approximate surface area is 200 Å². The van der Waals surface area contributed by atoms with Crippen LogP contribution in [-0.2, 0) is 22.4 Å². The number of pyridine rings is 1. The van der Waals surface area contributed by atoms with Gasteiger partial charge in [-0.2, -0.15) is 0 Å². The van der Waals surface area contributed by atoms with Gasteiger partial charge >= 0.3 is 5.97 Å². The van der Waals surface area contributed by atoms with Gasteiger partial charge in [0.15, 0.2) is 0 Å². The number of nitrogens with one attached hydrogen (secondary N) is 2. The van der Waals surface area contributed by atoms with Crippen LogP contribution in [0.3, 0.4) is 0 Å². The molecular weight excluding hydrogens is 432 g/mol. The quantitative estimate of drug-likeness (QED) is 0.488. The molecule has 4 rings (SSSR count). The average Bonchev–Trinajstić information content (AvgIpc) is 2.87. The van der Waals surface area contributed by atoms with E-state index in [-0.39, 0.29) is 11.8 Å². The zero-order valence-corrected chi connectivity index (χ0v) is 19.8. The normalized spacial score (nSPS) is 17.3. The van der Waals surface area contributed by atoms with E-state index in [1.54, 1.807) is 31.4 Å². The van der Waals surface area contributed by atoms with Crippen molar-refractivity contribution in [2.45, 2.75) is 44.6 Å². The maximum absolute atomic E-state index is 12.7. The highest BCUT2D eigenvalue weighted by molar-refractivity contribution is 5.79. The Kier molecular flexibility index (Phi) is 8.00. The number of hydrogen-bond acceptors (Lipinski definition) is 6. The van der Waals surface area contributed by atoms with E-state index in [9.17, 15) is 14.7 Å². The van der Waals surface area contributed by atoms with Gasteiger partial charge in [0.2, 0.25) is 5.91 Å². The molecule has 3 N–H and O–H groups in total. The summed E-state index contributed by atoms with van der Waals surface area (Å²) in [6, 6.07) is 10.7. The van der Waals surface area contributed by atoms with Crippen LogP contribution in [0.5, 0.6) is 5.75 Å². The Morgan fingerprint density at radius 2 is 1.97 bits per heavy atom. The molecule has 1 aromatic heterocycles. The molecule has 0 radical (unpaired) electrons. The number of carboxylic acid groups (broad SMARTS) is 1. The van der Waals surface area contributed by atoms with E-state index in [1.807, 2.05) is 4.90 Å². The number of fused-ring (bicyclic) bond motifs is 1. The molecule has 1 amide bonds. The number of anilines is 1. The van der Waals surface area contributed by atoms with Crippen molar-refractivity contribution in [1.82, 2.24) is 15.2 Å². The van der Waals surface area contributed by atoms with Gasteiger partial charge in [-0.1, -0.05) is 18.2 Å². The molecule has 8 heteroatoms. The Morgan fingerprint density at radius 1 is 1.21 bits per heavy atom. The number of benzene rings is 1. The summed E-state index contributed by atoms with van der Waals surface area (Å²) in [6.45, 7) is 2.75. The maximum atomic E-state index is 12.7. The summed E-state index contributed by atoms with van der Waals surface area (Å²) in [4.78, 5) is 31.3. The second kappa shape index (κ2) is 11.3. The van der Waals surface area contributed by atoms with Gasteiger partial charge in [0, 0.05) is 37.8 Å². The van der Waals surface area contributed by atoms with Crippen LogP contribution in [0.1, 0.15) is 48.5 Å². The van der Waals surface area contributed by atoms with Gasteiger partial charge in [0.1, 0.15) is 17.6 Å². The Bertz CT molecular complexity index is 987. The van der Waals surface area contributed by atoms with Gasteiger partial charge in [-0.25, -0.2) is 4.98 Å². The third-order valence-electron chi connectivity index (χ3n) is 6.79. The van der Waals surface area contributed by atoms with E-state index >= 15 is 0 Å². The summed E-state index contributed by atoms with van der Waals surface area (Å²) in [7, 11) is 1.59. The minimum absolute atomic E-state index is 0.0658. The number of likely N-dealkylation sites (tertiary alicyclic amines) is 1. The van der Waals surface area contributed by atoms with E-state index in [4.69, 9.17) is 9.72 Å². The standard InChI is InChI=1S/C26H34N4O4/c1-34-22-10-7-18(8-11-22)23(26(32)33)30-16-12-20(13-17-30)25(31)28-15-3-5-21-9-6-19-4-2-14-27-24(19)29-21/h6-11,20,23H,2-5,12-17H2,1H3,(H,27,29)(H,28,31)(H,32,33). The van der Waals surface area contributed by atoms with Crippen molar-refractivity contribution in [2.75, 3.05) is 38.6 Å². The molecule has 1 saturated heterocycles. The lowest BCUT2D eigenvalue weighted by molar-refractivity contribution is -0.144. The molecule has 1 unspecified atom stereocenters. The van der Waals surface area contributed by atoms with Crippen LogP contribution in [-0.4, -0.2) is 60.2 Å². The lowest BCUT2D eigenvalue weighted by atomic mass is 9.93. The number of amides is 1. The number of carboxylic acids is 1. The summed E-state index contributed by atoms with van der Waals surface area (Å²) in [5, 5.41) is 16.2. The van der Waals surface area contributed by atoms with Crippen molar-refractivity contribution in [1.29, 1.82) is 0 Å². The van der Waals surface area contributed by atoms with Crippen LogP contribution in [0.2, 0.25) is 0 Å². The lowest BCUT2D eigenvalue weighted by Crippen LogP contribution is -2.44. The van der Waals surface area contributed by atoms with Crippen LogP contribution in [0, 0.1) is 5.92 Å². The molecule has 8 nitrogen and oxygen atoms in total. The van der Waals surface area contributed by atoms with E-state index < -0.39 is 12.0 Å². The molecule has 2 aromatic rings. The van der Waals surface area contributed by atoms with Crippen LogP contribution in [0.15, 0.2) is 36.4 Å². The monoisotopic (exact) mass is 466 g/mol. The van der Waals surface area contributed by atoms with Crippen LogP contribution < -0.4 is 15.4 Å². The topological polar surface area (TPSA) is 104 Å². The molecule has 0 saturated carbocycles. The fraction of sp³-hybridized carbons (Fsp3) is 0.500. The predicted molar refractivity (Wildman–Crippen MR) is 130 cm³/mol. The third kappa shape index (κ3) is 5.86. The molecular formula is C26H34N4O4. The van der Waals surface area contributed by atoms with Crippen molar-refractivity contribution < 1.29 is 19.4 Å². The van der Waals surface area contributed by atoms with Crippen molar-refractivity contribution >= 4 is 17.7 Å². The molecule has 182 valence electrons. The first-order valence-corrected chi connectivity index (χ1v) is 12.2. The smallest absolute Gasteiger partial charge is 0.325 e. The molecule has 0 aliphatic carbocycles. The van der Waals surface area contributed by atoms with E-state index in [2.05, 4.69) is 22.8 Å². The molecule has 0 spiro atoms. The minimum atomic E-state index is -0.876. The summed E-state index contributed by atoms with van der Waals surface area (Å²) in [5.41, 5.74) is 3.06. The Morgan fingerprint density at radius 3 is 2.68 bits per heavy atom. The first-order chi connectivity index (χ1) is 16.5. The summed E-state index contributed by atoms with van der Waals surface area (Å²) >= 11 is 0. The van der Waals surface area contributed by atoms with Crippen LogP contribution in [0.25, 0.3) is 0 Å². The van der Waals surface area contributed by atoms with E-state index in [0.717, 1.165) is 49.3 Å². The second-order valence-electron chi connectivity index (χ2n) is 9.06. The fourth-order valence-electron chi connectivity index (χ4n) is 4.85. The molecule has 1 atom stereocenters. The number of rotatable bonds is 9. The highest BCUT2D eigenvalue weighted by atomic mass is 16.5. The van der Waals surface area contributed by atoms with Crippen molar-refractivity contribution in [3.8, 4) is 5.75 Å². The van der Waals surface area contributed by atoms with Crippen molar-refractivity contribution in [2.24, 2.45) is 5.92 Å². The molecule has 1 fully saturated rings. The number of ether oxygens (including phenoxy) is 1. The van der Waals surface area contributed by atoms with Crippen molar-refractivity contribution in [3.05, 3.63) is 53.2 Å².